The van der Waals surface area contributed by atoms with Crippen LogP contribution < -0.4 is 15.4 Å². The number of hydrogen-bond donors (Lipinski definition) is 2. The lowest BCUT2D eigenvalue weighted by molar-refractivity contribution is 0.237. The Balaban J connectivity index is 1.89. The summed E-state index contributed by atoms with van der Waals surface area (Å²) < 4.78 is 5.49. The molecule has 2 rings (SSSR count). The first-order valence-corrected chi connectivity index (χ1v) is 8.51. The maximum Gasteiger partial charge on any atom is 0.315 e. The zero-order chi connectivity index (χ0) is 16.8. The number of aryl methyl sites for hydroxylation is 2. The maximum atomic E-state index is 12.1. The highest BCUT2D eigenvalue weighted by molar-refractivity contribution is 7.11. The number of amides is 2. The Morgan fingerprint density at radius 2 is 2.17 bits per heavy atom. The van der Waals surface area contributed by atoms with Gasteiger partial charge in [0.25, 0.3) is 0 Å². The number of nitrogens with one attached hydrogen (secondary N) is 2. The molecular formula is C17H23N3O2S. The molecule has 0 aliphatic heterocycles. The van der Waals surface area contributed by atoms with E-state index in [1.807, 2.05) is 52.0 Å². The van der Waals surface area contributed by atoms with Gasteiger partial charge in [0.05, 0.1) is 29.9 Å². The second-order valence-corrected chi connectivity index (χ2v) is 6.58. The summed E-state index contributed by atoms with van der Waals surface area (Å²) in [6.07, 6.45) is 0. The number of urea groups is 1. The van der Waals surface area contributed by atoms with Crippen LogP contribution >= 0.6 is 11.3 Å². The summed E-state index contributed by atoms with van der Waals surface area (Å²) in [7, 11) is 0. The Labute approximate surface area is 141 Å². The number of rotatable bonds is 6. The predicted molar refractivity (Wildman–Crippen MR) is 93.0 cm³/mol. The largest absolute Gasteiger partial charge is 0.494 e. The average molecular weight is 333 g/mol. The van der Waals surface area contributed by atoms with Gasteiger partial charge < -0.3 is 15.4 Å². The Hall–Kier alpha value is -2.08. The van der Waals surface area contributed by atoms with Crippen molar-refractivity contribution in [3.05, 3.63) is 45.4 Å². The van der Waals surface area contributed by atoms with Gasteiger partial charge >= 0.3 is 6.03 Å². The minimum Gasteiger partial charge on any atom is -0.494 e. The smallest absolute Gasteiger partial charge is 0.315 e. The van der Waals surface area contributed by atoms with Crippen molar-refractivity contribution in [3.8, 4) is 5.75 Å². The van der Waals surface area contributed by atoms with Crippen LogP contribution in [-0.2, 0) is 6.54 Å². The van der Waals surface area contributed by atoms with Crippen LogP contribution in [0.1, 0.15) is 41.0 Å². The van der Waals surface area contributed by atoms with Gasteiger partial charge in [0.1, 0.15) is 5.75 Å². The van der Waals surface area contributed by atoms with Crippen LogP contribution in [0.3, 0.4) is 0 Å². The fourth-order valence-electron chi connectivity index (χ4n) is 2.27. The molecule has 0 aliphatic carbocycles. The molecule has 124 valence electrons. The molecule has 2 aromatic rings. The molecule has 0 unspecified atom stereocenters. The first kappa shape index (κ1) is 17.3. The molecule has 1 aromatic heterocycles. The van der Waals surface area contributed by atoms with Crippen molar-refractivity contribution in [2.24, 2.45) is 0 Å². The molecule has 0 aliphatic rings. The number of carbonyl (C=O) groups excluding carboxylic acids is 1. The van der Waals surface area contributed by atoms with E-state index in [1.54, 1.807) is 11.3 Å². The van der Waals surface area contributed by atoms with Gasteiger partial charge in [-0.2, -0.15) is 0 Å². The van der Waals surface area contributed by atoms with E-state index in [0.717, 1.165) is 26.9 Å². The van der Waals surface area contributed by atoms with Gasteiger partial charge in [-0.3, -0.25) is 0 Å². The normalized spacial score (nSPS) is 11.8. The van der Waals surface area contributed by atoms with E-state index in [0.29, 0.717) is 13.2 Å². The second kappa shape index (κ2) is 7.97. The molecule has 1 aromatic carbocycles. The number of hydrogen-bond acceptors (Lipinski definition) is 4. The molecule has 5 nitrogen and oxygen atoms in total. The van der Waals surface area contributed by atoms with Crippen LogP contribution in [0.25, 0.3) is 0 Å². The summed E-state index contributed by atoms with van der Waals surface area (Å²) in [6, 6.07) is 7.48. The minimum atomic E-state index is -0.190. The molecule has 23 heavy (non-hydrogen) atoms. The zero-order valence-electron chi connectivity index (χ0n) is 14.0. The number of thiazole rings is 1. The summed E-state index contributed by atoms with van der Waals surface area (Å²) in [5.41, 5.74) is 1.99. The van der Waals surface area contributed by atoms with E-state index in [2.05, 4.69) is 15.6 Å². The lowest BCUT2D eigenvalue weighted by Gasteiger charge is -2.16. The fraction of sp³-hybridized carbons (Fsp3) is 0.412. The van der Waals surface area contributed by atoms with E-state index in [-0.39, 0.29) is 12.1 Å². The topological polar surface area (TPSA) is 63.2 Å². The van der Waals surface area contributed by atoms with Crippen molar-refractivity contribution in [1.29, 1.82) is 0 Å². The monoisotopic (exact) mass is 333 g/mol. The molecule has 2 N–H and O–H groups in total. The molecular weight excluding hydrogens is 310 g/mol. The van der Waals surface area contributed by atoms with Crippen molar-refractivity contribution < 1.29 is 9.53 Å². The van der Waals surface area contributed by atoms with E-state index < -0.39 is 0 Å². The highest BCUT2D eigenvalue weighted by Gasteiger charge is 2.11. The minimum absolute atomic E-state index is 0.0975. The molecule has 1 heterocycles. The van der Waals surface area contributed by atoms with Crippen molar-refractivity contribution in [2.75, 3.05) is 6.61 Å². The van der Waals surface area contributed by atoms with Crippen LogP contribution in [-0.4, -0.2) is 17.6 Å². The number of ether oxygens (including phenoxy) is 1. The van der Waals surface area contributed by atoms with Gasteiger partial charge in [-0.25, -0.2) is 9.78 Å². The molecule has 0 saturated carbocycles. The van der Waals surface area contributed by atoms with Gasteiger partial charge in [-0.1, -0.05) is 12.1 Å². The number of benzene rings is 1. The average Bonchev–Trinajstić information content (AvgIpc) is 2.83. The van der Waals surface area contributed by atoms with Crippen molar-refractivity contribution in [2.45, 2.75) is 40.3 Å². The van der Waals surface area contributed by atoms with Crippen molar-refractivity contribution in [3.63, 3.8) is 0 Å². The van der Waals surface area contributed by atoms with Gasteiger partial charge in [-0.15, -0.1) is 11.3 Å². The third-order valence-corrected chi connectivity index (χ3v) is 4.50. The number of nitrogens with zero attached hydrogens (tertiary/aromatic N) is 1. The SMILES string of the molecule is CCOc1cccc([C@H](C)NC(=O)NCc2sc(C)nc2C)c1. The van der Waals surface area contributed by atoms with Gasteiger partial charge in [0, 0.05) is 4.88 Å². The molecule has 0 fully saturated rings. The van der Waals surface area contributed by atoms with Crippen molar-refractivity contribution >= 4 is 17.4 Å². The van der Waals surface area contributed by atoms with Crippen LogP contribution in [0.2, 0.25) is 0 Å². The van der Waals surface area contributed by atoms with Crippen molar-refractivity contribution in [1.82, 2.24) is 15.6 Å². The van der Waals surface area contributed by atoms with E-state index in [4.69, 9.17) is 4.74 Å². The lowest BCUT2D eigenvalue weighted by Crippen LogP contribution is -2.36. The Morgan fingerprint density at radius 3 is 2.83 bits per heavy atom. The molecule has 0 spiro atoms. The zero-order valence-corrected chi connectivity index (χ0v) is 14.8. The molecule has 1 atom stereocenters. The molecule has 6 heteroatoms. The fourth-order valence-corrected chi connectivity index (χ4v) is 3.15. The van der Waals surface area contributed by atoms with Crippen LogP contribution in [0.5, 0.6) is 5.75 Å². The Kier molecular flexibility index (Phi) is 5.98. The maximum absolute atomic E-state index is 12.1. The van der Waals surface area contributed by atoms with Crippen LogP contribution in [0, 0.1) is 13.8 Å². The highest BCUT2D eigenvalue weighted by Crippen LogP contribution is 2.19. The van der Waals surface area contributed by atoms with E-state index >= 15 is 0 Å². The third-order valence-electron chi connectivity index (χ3n) is 3.43. The van der Waals surface area contributed by atoms with E-state index in [1.165, 1.54) is 0 Å². The van der Waals surface area contributed by atoms with E-state index in [9.17, 15) is 4.79 Å². The Morgan fingerprint density at radius 1 is 1.39 bits per heavy atom. The summed E-state index contributed by atoms with van der Waals surface area (Å²) in [5, 5.41) is 6.84. The summed E-state index contributed by atoms with van der Waals surface area (Å²) in [5.74, 6) is 0.815. The first-order valence-electron chi connectivity index (χ1n) is 7.69. The lowest BCUT2D eigenvalue weighted by atomic mass is 10.1. The molecule has 0 bridgehead atoms. The molecule has 0 radical (unpaired) electrons. The van der Waals surface area contributed by atoms with Crippen LogP contribution in [0.4, 0.5) is 4.79 Å². The van der Waals surface area contributed by atoms with Gasteiger partial charge in [0.2, 0.25) is 0 Å². The van der Waals surface area contributed by atoms with Crippen LogP contribution in [0.15, 0.2) is 24.3 Å². The summed E-state index contributed by atoms with van der Waals surface area (Å²) in [6.45, 7) is 8.95. The molecule has 2 amide bonds. The highest BCUT2D eigenvalue weighted by atomic mass is 32.1. The predicted octanol–water partition coefficient (Wildman–Crippen LogP) is 3.72. The number of aromatic nitrogens is 1. The summed E-state index contributed by atoms with van der Waals surface area (Å²) in [4.78, 5) is 17.5. The molecule has 0 saturated heterocycles. The summed E-state index contributed by atoms with van der Waals surface area (Å²) >= 11 is 1.61. The number of carbonyl (C=O) groups is 1. The first-order chi connectivity index (χ1) is 11.0. The quantitative estimate of drug-likeness (QED) is 0.847. The van der Waals surface area contributed by atoms with Gasteiger partial charge in [-0.05, 0) is 45.4 Å². The Bertz CT molecular complexity index is 670. The third kappa shape index (κ3) is 4.96. The second-order valence-electron chi connectivity index (χ2n) is 5.30. The van der Waals surface area contributed by atoms with Gasteiger partial charge in [0.15, 0.2) is 0 Å². The standard InChI is InChI=1S/C17H23N3O2S/c1-5-22-15-8-6-7-14(9-15)11(2)20-17(21)18-10-16-12(3)19-13(4)23-16/h6-9,11H,5,10H2,1-4H3,(H2,18,20,21)/t11-/m0/s1.